The van der Waals surface area contributed by atoms with Crippen LogP contribution in [0.15, 0.2) is 47.6 Å². The quantitative estimate of drug-likeness (QED) is 0.549. The van der Waals surface area contributed by atoms with Crippen LogP contribution in [-0.2, 0) is 6.42 Å². The van der Waals surface area contributed by atoms with Crippen LogP contribution in [0.3, 0.4) is 0 Å². The zero-order chi connectivity index (χ0) is 19.8. The molecular formula is C21H27ClFN5. The van der Waals surface area contributed by atoms with Crippen molar-refractivity contribution in [1.29, 1.82) is 0 Å². The van der Waals surface area contributed by atoms with E-state index in [1.807, 2.05) is 18.2 Å². The highest BCUT2D eigenvalue weighted by molar-refractivity contribution is 6.31. The lowest BCUT2D eigenvalue weighted by Gasteiger charge is -2.29. The molecule has 1 aliphatic heterocycles. The van der Waals surface area contributed by atoms with Gasteiger partial charge >= 0.3 is 0 Å². The minimum atomic E-state index is -0.260. The van der Waals surface area contributed by atoms with Gasteiger partial charge in [0.1, 0.15) is 5.82 Å². The largest absolute Gasteiger partial charge is 0.356 e. The molecular weight excluding hydrogens is 377 g/mol. The number of guanidine groups is 1. The summed E-state index contributed by atoms with van der Waals surface area (Å²) in [5.74, 6) is 0.428. The number of hydrogen-bond donors (Lipinski definition) is 2. The zero-order valence-electron chi connectivity index (χ0n) is 16.2. The highest BCUT2D eigenvalue weighted by atomic mass is 35.5. The molecule has 5 nitrogen and oxygen atoms in total. The minimum absolute atomic E-state index is 0.134. The summed E-state index contributed by atoms with van der Waals surface area (Å²) in [6.45, 7) is 3.14. The molecule has 1 atom stereocenters. The lowest BCUT2D eigenvalue weighted by atomic mass is 10.0. The molecule has 1 aromatic heterocycles. The van der Waals surface area contributed by atoms with Crippen molar-refractivity contribution in [3.05, 3.63) is 64.7 Å². The Morgan fingerprint density at radius 3 is 2.71 bits per heavy atom. The Morgan fingerprint density at radius 2 is 2.04 bits per heavy atom. The van der Waals surface area contributed by atoms with Gasteiger partial charge in [0.25, 0.3) is 0 Å². The van der Waals surface area contributed by atoms with Crippen LogP contribution in [0.5, 0.6) is 0 Å². The van der Waals surface area contributed by atoms with Gasteiger partial charge in [-0.05, 0) is 50.2 Å². The molecule has 1 fully saturated rings. The molecule has 2 heterocycles. The number of benzene rings is 1. The number of hydrogen-bond acceptors (Lipinski definition) is 3. The molecule has 1 aliphatic rings. The van der Waals surface area contributed by atoms with E-state index in [0.29, 0.717) is 29.6 Å². The van der Waals surface area contributed by atoms with Gasteiger partial charge < -0.3 is 10.6 Å². The number of rotatable bonds is 7. The zero-order valence-corrected chi connectivity index (χ0v) is 16.9. The van der Waals surface area contributed by atoms with Crippen molar-refractivity contribution in [3.63, 3.8) is 0 Å². The number of nitrogens with one attached hydrogen (secondary N) is 2. The molecule has 2 aromatic rings. The third-order valence-corrected chi connectivity index (χ3v) is 5.33. The monoisotopic (exact) mass is 403 g/mol. The molecule has 0 aliphatic carbocycles. The van der Waals surface area contributed by atoms with Crippen molar-refractivity contribution in [1.82, 2.24) is 20.5 Å². The number of halogens is 2. The van der Waals surface area contributed by atoms with Crippen LogP contribution in [0.1, 0.15) is 30.1 Å². The molecule has 7 heteroatoms. The first kappa shape index (κ1) is 20.6. The minimum Gasteiger partial charge on any atom is -0.356 e. The van der Waals surface area contributed by atoms with Crippen LogP contribution < -0.4 is 10.6 Å². The lowest BCUT2D eigenvalue weighted by molar-refractivity contribution is 0.240. The molecule has 3 rings (SSSR count). The molecule has 150 valence electrons. The summed E-state index contributed by atoms with van der Waals surface area (Å²) in [4.78, 5) is 10.9. The molecule has 0 radical (unpaired) electrons. The maximum absolute atomic E-state index is 14.6. The van der Waals surface area contributed by atoms with Crippen LogP contribution in [0.4, 0.5) is 4.39 Å². The number of likely N-dealkylation sites (tertiary alicyclic amines) is 1. The summed E-state index contributed by atoms with van der Waals surface area (Å²) < 4.78 is 14.6. The van der Waals surface area contributed by atoms with E-state index in [4.69, 9.17) is 11.6 Å². The molecule has 0 bridgehead atoms. The molecule has 0 spiro atoms. The highest BCUT2D eigenvalue weighted by Gasteiger charge is 2.27. The average Bonchev–Trinajstić information content (AvgIpc) is 3.24. The van der Waals surface area contributed by atoms with Crippen LogP contribution in [0.25, 0.3) is 0 Å². The summed E-state index contributed by atoms with van der Waals surface area (Å²) in [6.07, 6.45) is 4.84. The van der Waals surface area contributed by atoms with Gasteiger partial charge in [-0.3, -0.25) is 14.9 Å². The van der Waals surface area contributed by atoms with Crippen LogP contribution in [0.2, 0.25) is 5.02 Å². The van der Waals surface area contributed by atoms with E-state index in [0.717, 1.165) is 38.0 Å². The summed E-state index contributed by atoms with van der Waals surface area (Å²) in [6, 6.07) is 10.6. The van der Waals surface area contributed by atoms with E-state index in [-0.39, 0.29) is 11.9 Å². The van der Waals surface area contributed by atoms with Gasteiger partial charge in [-0.15, -0.1) is 0 Å². The Morgan fingerprint density at radius 1 is 1.21 bits per heavy atom. The van der Waals surface area contributed by atoms with Crippen molar-refractivity contribution in [3.8, 4) is 0 Å². The van der Waals surface area contributed by atoms with E-state index in [1.165, 1.54) is 6.07 Å². The van der Waals surface area contributed by atoms with Crippen molar-refractivity contribution >= 4 is 17.6 Å². The summed E-state index contributed by atoms with van der Waals surface area (Å²) >= 11 is 6.36. The van der Waals surface area contributed by atoms with Gasteiger partial charge in [0.15, 0.2) is 5.96 Å². The molecule has 1 saturated heterocycles. The van der Waals surface area contributed by atoms with Crippen molar-refractivity contribution in [2.75, 3.05) is 33.2 Å². The van der Waals surface area contributed by atoms with Gasteiger partial charge in [-0.2, -0.15) is 0 Å². The molecule has 2 N–H and O–H groups in total. The van der Waals surface area contributed by atoms with Crippen molar-refractivity contribution in [2.45, 2.75) is 25.3 Å². The SMILES string of the molecule is CN=C(NCCc1ccccn1)NCC(c1c(F)cccc1Cl)N1CCCC1. The summed E-state index contributed by atoms with van der Waals surface area (Å²) in [5, 5.41) is 7.10. The second-order valence-corrected chi connectivity index (χ2v) is 7.25. The number of pyridine rings is 1. The van der Waals surface area contributed by atoms with Crippen molar-refractivity contribution < 1.29 is 4.39 Å². The van der Waals surface area contributed by atoms with Crippen LogP contribution >= 0.6 is 11.6 Å². The second kappa shape index (κ2) is 10.4. The topological polar surface area (TPSA) is 52.6 Å². The fourth-order valence-electron chi connectivity index (χ4n) is 3.56. The van der Waals surface area contributed by atoms with E-state index in [1.54, 1.807) is 25.4 Å². The fourth-order valence-corrected chi connectivity index (χ4v) is 3.85. The second-order valence-electron chi connectivity index (χ2n) is 6.85. The first-order chi connectivity index (χ1) is 13.7. The van der Waals surface area contributed by atoms with E-state index >= 15 is 0 Å². The summed E-state index contributed by atoms with van der Waals surface area (Å²) in [7, 11) is 1.73. The van der Waals surface area contributed by atoms with Gasteiger partial charge in [0.2, 0.25) is 0 Å². The molecule has 1 aromatic carbocycles. The summed E-state index contributed by atoms with van der Waals surface area (Å²) in [5.41, 5.74) is 1.58. The highest BCUT2D eigenvalue weighted by Crippen LogP contribution is 2.31. The molecule has 28 heavy (non-hydrogen) atoms. The van der Waals surface area contributed by atoms with E-state index in [2.05, 4.69) is 25.5 Å². The molecule has 0 saturated carbocycles. The van der Waals surface area contributed by atoms with Gasteiger partial charge in [-0.1, -0.05) is 23.7 Å². The maximum atomic E-state index is 14.6. The normalized spacial score (nSPS) is 16.2. The Labute approximate surface area is 171 Å². The van der Waals surface area contributed by atoms with Crippen LogP contribution in [0, 0.1) is 5.82 Å². The fraction of sp³-hybridized carbons (Fsp3) is 0.429. The predicted octanol–water partition coefficient (Wildman–Crippen LogP) is 3.42. The van der Waals surface area contributed by atoms with Gasteiger partial charge in [-0.25, -0.2) is 4.39 Å². The van der Waals surface area contributed by atoms with Gasteiger partial charge in [0.05, 0.1) is 6.04 Å². The number of aromatic nitrogens is 1. The van der Waals surface area contributed by atoms with Crippen LogP contribution in [-0.4, -0.2) is 49.1 Å². The van der Waals surface area contributed by atoms with E-state index < -0.39 is 0 Å². The third kappa shape index (κ3) is 5.42. The molecule has 0 amide bonds. The predicted molar refractivity (Wildman–Crippen MR) is 112 cm³/mol. The first-order valence-corrected chi connectivity index (χ1v) is 10.1. The Bertz CT molecular complexity index is 757. The Balaban J connectivity index is 1.62. The maximum Gasteiger partial charge on any atom is 0.191 e. The smallest absolute Gasteiger partial charge is 0.191 e. The number of nitrogens with zero attached hydrogens (tertiary/aromatic N) is 3. The van der Waals surface area contributed by atoms with E-state index in [9.17, 15) is 4.39 Å². The standard InChI is InChI=1S/C21H27ClFN5/c1-24-21(26-12-10-16-7-2-3-11-25-16)27-15-19(28-13-4-5-14-28)20-17(22)8-6-9-18(20)23/h2-3,6-9,11,19H,4-5,10,12-15H2,1H3,(H2,24,26,27). The lowest BCUT2D eigenvalue weighted by Crippen LogP contribution is -2.43. The average molecular weight is 404 g/mol. The number of aliphatic imine (C=N–C) groups is 1. The third-order valence-electron chi connectivity index (χ3n) is 5.00. The Kier molecular flexibility index (Phi) is 7.62. The van der Waals surface area contributed by atoms with Gasteiger partial charge in [0, 0.05) is 49.0 Å². The molecule has 1 unspecified atom stereocenters. The van der Waals surface area contributed by atoms with Crippen molar-refractivity contribution in [2.24, 2.45) is 4.99 Å². The first-order valence-electron chi connectivity index (χ1n) is 9.71. The Hall–Kier alpha value is -2.18.